The van der Waals surface area contributed by atoms with Crippen molar-refractivity contribution in [3.05, 3.63) is 125 Å². The van der Waals surface area contributed by atoms with Gasteiger partial charge in [0.05, 0.1) is 55.6 Å². The largest absolute Gasteiger partial charge is 0.390 e. The Morgan fingerprint density at radius 1 is 0.417 bits per heavy atom. The first-order valence-electron chi connectivity index (χ1n) is 46.2. The van der Waals surface area contributed by atoms with E-state index in [4.69, 9.17) is 9.47 Å². The van der Waals surface area contributed by atoms with Crippen molar-refractivity contribution in [2.45, 2.75) is 181 Å². The van der Waals surface area contributed by atoms with Crippen molar-refractivity contribution >= 4 is 79.0 Å². The summed E-state index contributed by atoms with van der Waals surface area (Å²) < 4.78 is 11.6. The number of thioether (sulfide) groups is 2. The Balaban J connectivity index is 0.000000190. The molecule has 120 heavy (non-hydrogen) atoms. The van der Waals surface area contributed by atoms with Gasteiger partial charge < -0.3 is 61.8 Å². The van der Waals surface area contributed by atoms with Crippen LogP contribution >= 0.6 is 45.1 Å². The molecule has 0 heterocycles. The van der Waals surface area contributed by atoms with Crippen molar-refractivity contribution in [1.29, 1.82) is 0 Å². The van der Waals surface area contributed by atoms with Crippen LogP contribution in [0.15, 0.2) is 125 Å². The molecule has 670 valence electrons. The van der Waals surface area contributed by atoms with Crippen molar-refractivity contribution in [3.8, 4) is 0 Å². The summed E-state index contributed by atoms with van der Waals surface area (Å²) in [6.07, 6.45) is 32.9. The third-order valence-electron chi connectivity index (χ3n) is 32.1. The molecule has 22 heteroatoms. The number of hydrogen-bond donors (Lipinski definition) is 10. The van der Waals surface area contributed by atoms with E-state index < -0.39 is 24.4 Å². The predicted octanol–water partition coefficient (Wildman–Crippen LogP) is 14.3. The third-order valence-corrected chi connectivity index (χ3v) is 36.7. The van der Waals surface area contributed by atoms with Gasteiger partial charge in [0, 0.05) is 98.4 Å². The molecule has 12 rings (SSSR count). The molecule has 10 N–H and O–H groups in total. The maximum atomic E-state index is 13.3. The Labute approximate surface area is 737 Å². The van der Waals surface area contributed by atoms with Crippen LogP contribution in [0.4, 0.5) is 0 Å². The molecular formula is C98H152N6O12S4. The number of methoxy groups -OCH3 is 1. The second kappa shape index (κ2) is 47.0. The summed E-state index contributed by atoms with van der Waals surface area (Å²) in [6, 6.07) is 0.216. The van der Waals surface area contributed by atoms with Crippen LogP contribution in [0.1, 0.15) is 144 Å². The quantitative estimate of drug-likeness (QED) is 0.0154. The molecule has 4 amide bonds. The highest BCUT2D eigenvalue weighted by Gasteiger charge is 2.59. The molecule has 10 fully saturated rings. The van der Waals surface area contributed by atoms with Gasteiger partial charge in [-0.15, -0.1) is 52.6 Å². The zero-order chi connectivity index (χ0) is 86.8. The average molecular weight is 1730 g/mol. The molecule has 0 aromatic heterocycles. The van der Waals surface area contributed by atoms with Crippen LogP contribution < -0.4 is 31.9 Å². The van der Waals surface area contributed by atoms with Crippen LogP contribution in [0, 0.1) is 178 Å². The van der Waals surface area contributed by atoms with Gasteiger partial charge in [0.25, 0.3) is 0 Å². The molecule has 36 atom stereocenters. The summed E-state index contributed by atoms with van der Waals surface area (Å²) in [4.78, 5) is 78.6. The fourth-order valence-electron chi connectivity index (χ4n) is 25.9. The van der Waals surface area contributed by atoms with E-state index >= 15 is 0 Å². The van der Waals surface area contributed by atoms with Gasteiger partial charge in [0.1, 0.15) is 0 Å². The van der Waals surface area contributed by atoms with E-state index in [0.29, 0.717) is 171 Å². The highest BCUT2D eigenvalue weighted by molar-refractivity contribution is 8.76. The Hall–Kier alpha value is -4.30. The molecule has 0 radical (unpaired) electrons. The minimum Gasteiger partial charge on any atom is -0.390 e. The zero-order valence-electron chi connectivity index (χ0n) is 73.7. The lowest BCUT2D eigenvalue weighted by atomic mass is 9.81. The summed E-state index contributed by atoms with van der Waals surface area (Å²) in [5, 5.41) is 61.1. The van der Waals surface area contributed by atoms with Crippen molar-refractivity contribution in [1.82, 2.24) is 31.9 Å². The van der Waals surface area contributed by atoms with Gasteiger partial charge in [-0.2, -0.15) is 0 Å². The third kappa shape index (κ3) is 22.6. The van der Waals surface area contributed by atoms with Crippen molar-refractivity contribution in [2.24, 2.45) is 178 Å². The number of nitrogens with one attached hydrogen (secondary N) is 6. The summed E-state index contributed by atoms with van der Waals surface area (Å²) >= 11 is 2.08. The lowest BCUT2D eigenvalue weighted by Crippen LogP contribution is -2.48. The Bertz CT molecular complexity index is 3470. The van der Waals surface area contributed by atoms with Gasteiger partial charge in [-0.25, -0.2) is 0 Å². The monoisotopic (exact) mass is 1730 g/mol. The number of likely N-dealkylation sites (N-methyl/N-ethyl adjacent to an activating group) is 1. The molecule has 0 aliphatic heterocycles. The maximum absolute atomic E-state index is 13.3. The molecule has 10 saturated carbocycles. The highest BCUT2D eigenvalue weighted by Crippen LogP contribution is 2.61. The lowest BCUT2D eigenvalue weighted by Gasteiger charge is -2.29. The van der Waals surface area contributed by atoms with Gasteiger partial charge in [-0.3, -0.25) is 28.8 Å². The van der Waals surface area contributed by atoms with Crippen LogP contribution in [-0.4, -0.2) is 180 Å². The number of amides is 4. The van der Waals surface area contributed by atoms with Crippen LogP contribution in [-0.2, 0) is 38.2 Å². The number of allylic oxidation sites excluding steroid dienone is 10. The first-order chi connectivity index (χ1) is 57.9. The van der Waals surface area contributed by atoms with Crippen LogP contribution in [0.5, 0.6) is 0 Å². The number of rotatable bonds is 43. The van der Waals surface area contributed by atoms with Crippen LogP contribution in [0.25, 0.3) is 0 Å². The Morgan fingerprint density at radius 3 is 1.27 bits per heavy atom. The fourth-order valence-corrected chi connectivity index (χ4v) is 30.0. The van der Waals surface area contributed by atoms with Gasteiger partial charge >= 0.3 is 0 Å². The summed E-state index contributed by atoms with van der Waals surface area (Å²) in [5.41, 5.74) is 1.57. The smallest absolute Gasteiger partial charge is 0.225 e. The van der Waals surface area contributed by atoms with Gasteiger partial charge in [-0.05, 0) is 238 Å². The molecule has 0 spiro atoms. The van der Waals surface area contributed by atoms with Crippen molar-refractivity contribution < 1.29 is 58.7 Å². The maximum Gasteiger partial charge on any atom is 0.225 e. The van der Waals surface area contributed by atoms with E-state index in [2.05, 4.69) is 150 Å². The van der Waals surface area contributed by atoms with Gasteiger partial charge in [0.15, 0.2) is 0 Å². The normalized spacial score (nSPS) is 38.5. The molecule has 12 aliphatic carbocycles. The second-order valence-corrected chi connectivity index (χ2v) is 42.3. The molecule has 0 saturated heterocycles. The van der Waals surface area contributed by atoms with E-state index in [0.717, 1.165) is 129 Å². The number of carbonyl (C=O) groups is 6. The number of ether oxygens (including phenoxy) is 2. The minimum atomic E-state index is -1.06. The summed E-state index contributed by atoms with van der Waals surface area (Å²) in [5.74, 6) is 13.9. The van der Waals surface area contributed by atoms with Crippen molar-refractivity contribution in [2.75, 3.05) is 89.7 Å². The van der Waals surface area contributed by atoms with E-state index in [1.54, 1.807) is 7.11 Å². The highest BCUT2D eigenvalue weighted by atomic mass is 33.1. The van der Waals surface area contributed by atoms with E-state index in [1.807, 2.05) is 43.5 Å². The fraction of sp³-hybridized carbons (Fsp3) is 0.735. The topological polar surface area (TPSA) is 274 Å². The summed E-state index contributed by atoms with van der Waals surface area (Å²) in [6.45, 7) is 50.6. The van der Waals surface area contributed by atoms with Gasteiger partial charge in [-0.1, -0.05) is 173 Å². The van der Waals surface area contributed by atoms with Crippen LogP contribution in [0.3, 0.4) is 0 Å². The SMILES string of the molecule is C=CC1CC(C=C)C2C(C)C(C(=O)NCCOC3C(C(=O)NCCOC)CC4C(C=C)CC(C=C)C43)CC12.C=CC1CC(C=C)C2CC(C(=O)SCC(O)C(O)CSSCC(O)C(O)CSC(=O)C3=CC4C(C=C)CC(C=C)C4C3)=CC12.CCC1CC(CC)C2C(C)C(C(=O)NCCNC3C(C(=O)NCCNC)CC4C(CC)CC(CC)C43)CC12. The Morgan fingerprint density at radius 2 is 0.792 bits per heavy atom. The van der Waals surface area contributed by atoms with Gasteiger partial charge in [0.2, 0.25) is 33.9 Å². The number of fused-ring (bicyclic) bond motifs is 6. The molecular weight excluding hydrogens is 1580 g/mol. The predicted molar refractivity (Wildman–Crippen MR) is 494 cm³/mol. The first kappa shape index (κ1) is 97.9. The van der Waals surface area contributed by atoms with Crippen LogP contribution in [0.2, 0.25) is 0 Å². The zero-order valence-corrected chi connectivity index (χ0v) is 77.0. The molecule has 36 unspecified atom stereocenters. The number of aliphatic hydroxyl groups is 4. The average Bonchev–Trinajstić information content (AvgIpc) is 1.59. The summed E-state index contributed by atoms with van der Waals surface area (Å²) in [7, 11) is 6.12. The van der Waals surface area contributed by atoms with Crippen molar-refractivity contribution in [3.63, 3.8) is 0 Å². The molecule has 0 aromatic rings. The number of carbonyl (C=O) groups excluding carboxylic acids is 6. The molecule has 18 nitrogen and oxygen atoms in total. The van der Waals surface area contributed by atoms with E-state index in [1.165, 1.54) is 60.1 Å². The van der Waals surface area contributed by atoms with E-state index in [-0.39, 0.29) is 98.6 Å². The van der Waals surface area contributed by atoms with E-state index in [9.17, 15) is 49.2 Å². The molecule has 12 aliphatic rings. The minimum absolute atomic E-state index is 0.0127. The lowest BCUT2D eigenvalue weighted by molar-refractivity contribution is -0.131. The molecule has 0 aromatic carbocycles. The Kier molecular flexibility index (Phi) is 38.3. The first-order valence-corrected chi connectivity index (χ1v) is 50.7. The number of aliphatic hydroxyl groups excluding tert-OH is 4. The molecule has 0 bridgehead atoms. The standard InChI is InChI=1S/C34H46O6S4.C32H58N4O2.C32H48N2O4/c1-5-19-9-20(6-2)26-12-23(11-25(19)26)33(39)41-15-29(35)31(37)17-43-44-18-32(38)30(36)16-42-34(40)24-13-27-21(7-3)10-22(8-4)28(27)14-24;1-7-20-15-22(9-3)28-19(5)24(17-25(20)28)31(37)36-14-13-34-30-27(32(38)35-12-11-33-6)18-26-21(8-2)16-23(10-4)29(26)30;1-7-20-15-22(9-3)28-19(5)24(17-25(20)28)31(35)34-12-14-38-30-27(32(36)33-11-13-37-6)18-26-21(8-2)16-23(10-4)29(26)30/h5-8,11,13,19-22,25-32,35-38H,1-4,9-10,12,14-18H2;19-30,33-34H,7-18H2,1-6H3,(H,35,38)(H,36,37);7-10,19-30H,1-4,11-18H2,5-6H3,(H,33,36)(H,34,35). The second-order valence-electron chi connectivity index (χ2n) is 37.7. The number of hydrogen-bond acceptors (Lipinski definition) is 18.